The summed E-state index contributed by atoms with van der Waals surface area (Å²) in [6, 6.07) is 10.4. The molecule has 82 valence electrons. The van der Waals surface area contributed by atoms with E-state index in [1.54, 1.807) is 18.6 Å². The zero-order valence-corrected chi connectivity index (χ0v) is 9.08. The van der Waals surface area contributed by atoms with E-state index < -0.39 is 0 Å². The Hall–Kier alpha value is -1.74. The molecule has 0 saturated heterocycles. The first-order valence-corrected chi connectivity index (χ1v) is 5.39. The average Bonchev–Trinajstić information content (AvgIpc) is 2.31. The third-order valence-electron chi connectivity index (χ3n) is 2.43. The van der Waals surface area contributed by atoms with Gasteiger partial charge in [0.25, 0.3) is 0 Å². The summed E-state index contributed by atoms with van der Waals surface area (Å²) in [7, 11) is 0. The van der Waals surface area contributed by atoms with Crippen LogP contribution in [0.25, 0.3) is 0 Å². The molecule has 1 unspecified atom stereocenters. The van der Waals surface area contributed by atoms with Crippen LogP contribution in [-0.4, -0.2) is 16.0 Å². The molecule has 2 N–H and O–H groups in total. The van der Waals surface area contributed by atoms with E-state index in [4.69, 9.17) is 5.73 Å². The highest BCUT2D eigenvalue weighted by Crippen LogP contribution is 2.05. The molecule has 2 rings (SSSR count). The third-order valence-corrected chi connectivity index (χ3v) is 2.43. The first-order chi connectivity index (χ1) is 7.84. The van der Waals surface area contributed by atoms with Crippen LogP contribution in [0.2, 0.25) is 0 Å². The number of hydrogen-bond acceptors (Lipinski definition) is 3. The molecule has 0 amide bonds. The minimum absolute atomic E-state index is 0.0964. The molecule has 1 aromatic carbocycles. The highest BCUT2D eigenvalue weighted by Gasteiger charge is 2.05. The number of nitrogens with zero attached hydrogens (tertiary/aromatic N) is 2. The van der Waals surface area contributed by atoms with Crippen molar-refractivity contribution in [2.45, 2.75) is 18.9 Å². The van der Waals surface area contributed by atoms with Crippen LogP contribution in [0, 0.1) is 0 Å². The SMILES string of the molecule is NC(Cc1ccccc1)Cc1cnccn1. The molecular formula is C13H15N3. The highest BCUT2D eigenvalue weighted by atomic mass is 14.8. The standard InChI is InChI=1S/C13H15N3/c14-12(8-11-4-2-1-3-5-11)9-13-10-15-6-7-16-13/h1-7,10,12H,8-9,14H2. The van der Waals surface area contributed by atoms with Gasteiger partial charge in [-0.15, -0.1) is 0 Å². The molecule has 3 heteroatoms. The second-order valence-electron chi connectivity index (χ2n) is 3.85. The monoisotopic (exact) mass is 213 g/mol. The summed E-state index contributed by atoms with van der Waals surface area (Å²) in [4.78, 5) is 8.24. The zero-order chi connectivity index (χ0) is 11.2. The van der Waals surface area contributed by atoms with Crippen molar-refractivity contribution in [2.24, 2.45) is 5.73 Å². The quantitative estimate of drug-likeness (QED) is 0.839. The van der Waals surface area contributed by atoms with Gasteiger partial charge in [-0.3, -0.25) is 9.97 Å². The Morgan fingerprint density at radius 3 is 2.56 bits per heavy atom. The molecule has 0 spiro atoms. The molecule has 0 radical (unpaired) electrons. The van der Waals surface area contributed by atoms with E-state index in [1.165, 1.54) is 5.56 Å². The fourth-order valence-corrected chi connectivity index (χ4v) is 1.69. The Morgan fingerprint density at radius 1 is 1.06 bits per heavy atom. The summed E-state index contributed by atoms with van der Waals surface area (Å²) in [5.74, 6) is 0. The summed E-state index contributed by atoms with van der Waals surface area (Å²) in [5.41, 5.74) is 8.28. The number of benzene rings is 1. The zero-order valence-electron chi connectivity index (χ0n) is 9.08. The second-order valence-corrected chi connectivity index (χ2v) is 3.85. The van der Waals surface area contributed by atoms with Crippen molar-refractivity contribution >= 4 is 0 Å². The first kappa shape index (κ1) is 10.8. The van der Waals surface area contributed by atoms with Crippen LogP contribution in [0.3, 0.4) is 0 Å². The molecule has 0 fully saturated rings. The fourth-order valence-electron chi connectivity index (χ4n) is 1.69. The van der Waals surface area contributed by atoms with Crippen molar-refractivity contribution in [3.63, 3.8) is 0 Å². The van der Waals surface area contributed by atoms with Crippen molar-refractivity contribution < 1.29 is 0 Å². The second kappa shape index (κ2) is 5.37. The predicted molar refractivity (Wildman–Crippen MR) is 63.9 cm³/mol. The van der Waals surface area contributed by atoms with Gasteiger partial charge in [-0.2, -0.15) is 0 Å². The molecule has 0 bridgehead atoms. The van der Waals surface area contributed by atoms with Gasteiger partial charge in [-0.25, -0.2) is 0 Å². The van der Waals surface area contributed by atoms with Gasteiger partial charge in [0, 0.05) is 31.1 Å². The Morgan fingerprint density at radius 2 is 1.88 bits per heavy atom. The number of rotatable bonds is 4. The maximum absolute atomic E-state index is 6.07. The molecule has 16 heavy (non-hydrogen) atoms. The van der Waals surface area contributed by atoms with Gasteiger partial charge in [0.2, 0.25) is 0 Å². The average molecular weight is 213 g/mol. The van der Waals surface area contributed by atoms with Gasteiger partial charge in [0.15, 0.2) is 0 Å². The topological polar surface area (TPSA) is 51.8 Å². The van der Waals surface area contributed by atoms with Crippen LogP contribution >= 0.6 is 0 Å². The summed E-state index contributed by atoms with van der Waals surface area (Å²) in [5, 5.41) is 0. The lowest BCUT2D eigenvalue weighted by molar-refractivity contribution is 0.652. The molecule has 0 saturated carbocycles. The molecule has 0 aliphatic carbocycles. The van der Waals surface area contributed by atoms with E-state index in [9.17, 15) is 0 Å². The minimum Gasteiger partial charge on any atom is -0.327 e. The van der Waals surface area contributed by atoms with Crippen molar-refractivity contribution in [2.75, 3.05) is 0 Å². The fraction of sp³-hybridized carbons (Fsp3) is 0.231. The summed E-state index contributed by atoms with van der Waals surface area (Å²) in [6.45, 7) is 0. The molecule has 0 aliphatic rings. The van der Waals surface area contributed by atoms with E-state index in [0.29, 0.717) is 0 Å². The van der Waals surface area contributed by atoms with Gasteiger partial charge in [-0.1, -0.05) is 30.3 Å². The smallest absolute Gasteiger partial charge is 0.0602 e. The van der Waals surface area contributed by atoms with Crippen LogP contribution in [0.5, 0.6) is 0 Å². The molecular weight excluding hydrogens is 198 g/mol. The van der Waals surface area contributed by atoms with Crippen molar-refractivity contribution in [3.05, 3.63) is 60.2 Å². The van der Waals surface area contributed by atoms with E-state index in [1.807, 2.05) is 18.2 Å². The summed E-state index contributed by atoms with van der Waals surface area (Å²) < 4.78 is 0. The lowest BCUT2D eigenvalue weighted by Gasteiger charge is -2.10. The Kier molecular flexibility index (Phi) is 3.62. The van der Waals surface area contributed by atoms with Crippen LogP contribution in [-0.2, 0) is 12.8 Å². The number of nitrogens with two attached hydrogens (primary N) is 1. The van der Waals surface area contributed by atoms with Gasteiger partial charge in [0.1, 0.15) is 0 Å². The predicted octanol–water partition coefficient (Wildman–Crippen LogP) is 1.59. The van der Waals surface area contributed by atoms with Crippen LogP contribution in [0.4, 0.5) is 0 Å². The molecule has 2 aromatic rings. The molecule has 3 nitrogen and oxygen atoms in total. The van der Waals surface area contributed by atoms with Crippen LogP contribution < -0.4 is 5.73 Å². The summed E-state index contributed by atoms with van der Waals surface area (Å²) >= 11 is 0. The van der Waals surface area contributed by atoms with Crippen molar-refractivity contribution in [1.29, 1.82) is 0 Å². The maximum Gasteiger partial charge on any atom is 0.0602 e. The van der Waals surface area contributed by atoms with E-state index >= 15 is 0 Å². The van der Waals surface area contributed by atoms with Crippen LogP contribution in [0.15, 0.2) is 48.9 Å². The maximum atomic E-state index is 6.07. The Labute approximate surface area is 95.4 Å². The Bertz CT molecular complexity index is 372. The molecule has 1 heterocycles. The first-order valence-electron chi connectivity index (χ1n) is 5.39. The van der Waals surface area contributed by atoms with Crippen LogP contribution in [0.1, 0.15) is 11.3 Å². The van der Waals surface area contributed by atoms with E-state index in [2.05, 4.69) is 22.1 Å². The largest absolute Gasteiger partial charge is 0.327 e. The van der Waals surface area contributed by atoms with Gasteiger partial charge in [0.05, 0.1) is 5.69 Å². The van der Waals surface area contributed by atoms with Gasteiger partial charge >= 0.3 is 0 Å². The lowest BCUT2D eigenvalue weighted by Crippen LogP contribution is -2.25. The minimum atomic E-state index is 0.0964. The van der Waals surface area contributed by atoms with Gasteiger partial charge in [-0.05, 0) is 12.0 Å². The van der Waals surface area contributed by atoms with Crippen molar-refractivity contribution in [1.82, 2.24) is 9.97 Å². The van der Waals surface area contributed by atoms with Crippen molar-refractivity contribution in [3.8, 4) is 0 Å². The lowest BCUT2D eigenvalue weighted by atomic mass is 10.0. The van der Waals surface area contributed by atoms with E-state index in [-0.39, 0.29) is 6.04 Å². The summed E-state index contributed by atoms with van der Waals surface area (Å²) in [6.07, 6.45) is 6.78. The third kappa shape index (κ3) is 3.14. The van der Waals surface area contributed by atoms with Gasteiger partial charge < -0.3 is 5.73 Å². The molecule has 1 atom stereocenters. The highest BCUT2D eigenvalue weighted by molar-refractivity contribution is 5.16. The molecule has 0 aliphatic heterocycles. The normalized spacial score (nSPS) is 12.3. The molecule has 1 aromatic heterocycles. The Balaban J connectivity index is 1.92. The number of hydrogen-bond donors (Lipinski definition) is 1. The van der Waals surface area contributed by atoms with E-state index in [0.717, 1.165) is 18.5 Å². The number of aromatic nitrogens is 2.